The molecule has 6 heteroatoms. The van der Waals surface area contributed by atoms with Gasteiger partial charge < -0.3 is 14.7 Å². The number of ether oxygens (including phenoxy) is 1. The van der Waals surface area contributed by atoms with E-state index in [4.69, 9.17) is 4.74 Å². The molecule has 0 radical (unpaired) electrons. The van der Waals surface area contributed by atoms with Gasteiger partial charge in [-0.05, 0) is 67.8 Å². The van der Waals surface area contributed by atoms with Crippen molar-refractivity contribution in [2.75, 3.05) is 23.9 Å². The van der Waals surface area contributed by atoms with Gasteiger partial charge in [-0.2, -0.15) is 0 Å². The summed E-state index contributed by atoms with van der Waals surface area (Å²) in [6.07, 6.45) is 0.877. The highest BCUT2D eigenvalue weighted by molar-refractivity contribution is 6.51. The van der Waals surface area contributed by atoms with Crippen LogP contribution in [0.2, 0.25) is 0 Å². The molecule has 1 atom stereocenters. The topological polar surface area (TPSA) is 70.1 Å². The Kier molecular flexibility index (Phi) is 7.15. The third-order valence-corrected chi connectivity index (χ3v) is 6.29. The van der Waals surface area contributed by atoms with Crippen LogP contribution in [0.25, 0.3) is 5.76 Å². The van der Waals surface area contributed by atoms with Crippen LogP contribution in [0.15, 0.2) is 78.4 Å². The number of aliphatic hydroxyl groups excluding tert-OH is 1. The fraction of sp³-hybridized carbons (Fsp3) is 0.267. The number of anilines is 2. The summed E-state index contributed by atoms with van der Waals surface area (Å²) in [6, 6.07) is 21.4. The molecule has 1 N–H and O–H groups in total. The smallest absolute Gasteiger partial charge is 0.300 e. The number of hydrogen-bond donors (Lipinski definition) is 1. The zero-order valence-electron chi connectivity index (χ0n) is 21.4. The number of nitrogens with zero attached hydrogens (tertiary/aromatic N) is 2. The Morgan fingerprint density at radius 3 is 2.08 bits per heavy atom. The van der Waals surface area contributed by atoms with Crippen molar-refractivity contribution in [3.8, 4) is 5.75 Å². The lowest BCUT2D eigenvalue weighted by Gasteiger charge is -2.26. The Balaban J connectivity index is 1.85. The van der Waals surface area contributed by atoms with E-state index in [9.17, 15) is 14.7 Å². The Bertz CT molecular complexity index is 1270. The molecule has 1 heterocycles. The van der Waals surface area contributed by atoms with Gasteiger partial charge in [0, 0.05) is 31.0 Å². The molecule has 0 bridgehead atoms. The molecule has 0 aliphatic carbocycles. The van der Waals surface area contributed by atoms with E-state index < -0.39 is 17.7 Å². The lowest BCUT2D eigenvalue weighted by Crippen LogP contribution is -2.29. The minimum atomic E-state index is -0.783. The first-order chi connectivity index (χ1) is 17.2. The first-order valence-electron chi connectivity index (χ1n) is 12.2. The number of aliphatic hydroxyl groups is 1. The van der Waals surface area contributed by atoms with Crippen LogP contribution < -0.4 is 14.5 Å². The van der Waals surface area contributed by atoms with Gasteiger partial charge in [-0.25, -0.2) is 0 Å². The quantitative estimate of drug-likeness (QED) is 0.264. The van der Waals surface area contributed by atoms with Gasteiger partial charge in [0.15, 0.2) is 0 Å². The first kappa shape index (κ1) is 25.0. The molecule has 1 amide bonds. The van der Waals surface area contributed by atoms with Gasteiger partial charge >= 0.3 is 0 Å². The molecule has 1 fully saturated rings. The van der Waals surface area contributed by atoms with Crippen LogP contribution in [0.1, 0.15) is 43.5 Å². The molecule has 0 aromatic heterocycles. The van der Waals surface area contributed by atoms with Gasteiger partial charge in [0.25, 0.3) is 11.7 Å². The number of rotatable bonds is 7. The average Bonchev–Trinajstić information content (AvgIpc) is 3.14. The van der Waals surface area contributed by atoms with Gasteiger partial charge in [-0.1, -0.05) is 43.3 Å². The van der Waals surface area contributed by atoms with Gasteiger partial charge in [0.1, 0.15) is 11.5 Å². The summed E-state index contributed by atoms with van der Waals surface area (Å²) in [5.74, 6) is -0.879. The van der Waals surface area contributed by atoms with Crippen molar-refractivity contribution in [1.29, 1.82) is 0 Å². The number of carbonyl (C=O) groups excluding carboxylic acids is 2. The van der Waals surface area contributed by atoms with E-state index in [2.05, 4.69) is 6.92 Å². The van der Waals surface area contributed by atoms with Crippen LogP contribution in [-0.4, -0.2) is 37.0 Å². The summed E-state index contributed by atoms with van der Waals surface area (Å²) < 4.78 is 5.77. The molecule has 3 aromatic carbocycles. The summed E-state index contributed by atoms with van der Waals surface area (Å²) in [7, 11) is 3.87. The second-order valence-electron chi connectivity index (χ2n) is 9.37. The summed E-state index contributed by atoms with van der Waals surface area (Å²) >= 11 is 0. The fourth-order valence-corrected chi connectivity index (χ4v) is 4.38. The van der Waals surface area contributed by atoms with Crippen molar-refractivity contribution in [3.05, 3.63) is 95.1 Å². The zero-order chi connectivity index (χ0) is 26.0. The lowest BCUT2D eigenvalue weighted by molar-refractivity contribution is -0.132. The van der Waals surface area contributed by atoms with Gasteiger partial charge in [0.2, 0.25) is 0 Å². The molecule has 186 valence electrons. The third-order valence-electron chi connectivity index (χ3n) is 6.29. The van der Waals surface area contributed by atoms with Crippen LogP contribution in [0, 0.1) is 0 Å². The van der Waals surface area contributed by atoms with Gasteiger partial charge in [-0.3, -0.25) is 14.5 Å². The highest BCUT2D eigenvalue weighted by atomic mass is 16.5. The van der Waals surface area contributed by atoms with Crippen molar-refractivity contribution in [3.63, 3.8) is 0 Å². The first-order valence-corrected chi connectivity index (χ1v) is 12.2. The van der Waals surface area contributed by atoms with Crippen molar-refractivity contribution in [2.24, 2.45) is 0 Å². The summed E-state index contributed by atoms with van der Waals surface area (Å²) in [4.78, 5) is 30.1. The van der Waals surface area contributed by atoms with Gasteiger partial charge in [-0.15, -0.1) is 0 Å². The number of aryl methyl sites for hydroxylation is 1. The molecule has 6 nitrogen and oxygen atoms in total. The molecular formula is C30H32N2O4. The highest BCUT2D eigenvalue weighted by Crippen LogP contribution is 2.42. The summed E-state index contributed by atoms with van der Waals surface area (Å²) in [5, 5.41) is 11.3. The van der Waals surface area contributed by atoms with Crippen LogP contribution in [0.4, 0.5) is 11.4 Å². The van der Waals surface area contributed by atoms with Crippen LogP contribution in [0.5, 0.6) is 5.75 Å². The Hall–Kier alpha value is -4.06. The molecule has 36 heavy (non-hydrogen) atoms. The highest BCUT2D eigenvalue weighted by Gasteiger charge is 2.47. The largest absolute Gasteiger partial charge is 0.507 e. The number of ketones is 1. The number of Topliss-reactive ketones (excluding diaryl/α,β-unsaturated/α-hetero) is 1. The Morgan fingerprint density at radius 1 is 0.944 bits per heavy atom. The summed E-state index contributed by atoms with van der Waals surface area (Å²) in [5.41, 5.74) is 3.93. The second-order valence-corrected chi connectivity index (χ2v) is 9.37. The third kappa shape index (κ3) is 4.85. The van der Waals surface area contributed by atoms with Crippen LogP contribution >= 0.6 is 0 Å². The number of hydrogen-bond acceptors (Lipinski definition) is 5. The minimum Gasteiger partial charge on any atom is -0.507 e. The van der Waals surface area contributed by atoms with Crippen molar-refractivity contribution < 1.29 is 19.4 Å². The molecule has 1 aliphatic rings. The fourth-order valence-electron chi connectivity index (χ4n) is 4.38. The maximum Gasteiger partial charge on any atom is 0.300 e. The van der Waals surface area contributed by atoms with E-state index >= 15 is 0 Å². The van der Waals surface area contributed by atoms with E-state index in [1.54, 1.807) is 12.1 Å². The monoisotopic (exact) mass is 484 g/mol. The van der Waals surface area contributed by atoms with E-state index in [1.807, 2.05) is 93.5 Å². The Labute approximate surface area is 212 Å². The van der Waals surface area contributed by atoms with E-state index in [0.717, 1.165) is 17.7 Å². The zero-order valence-corrected chi connectivity index (χ0v) is 21.4. The van der Waals surface area contributed by atoms with Crippen molar-refractivity contribution >= 4 is 28.8 Å². The maximum atomic E-state index is 13.4. The molecule has 3 aromatic rings. The SMILES string of the molecule is CCc1ccc(/C(O)=C2\C(=O)C(=O)N(c3ccc(N(C)C)cc3)C2c2ccc(OC(C)C)cc2)cc1. The molecule has 1 saturated heterocycles. The molecule has 0 spiro atoms. The minimum absolute atomic E-state index is 0.0165. The number of amides is 1. The second kappa shape index (κ2) is 10.3. The van der Waals surface area contributed by atoms with E-state index in [1.165, 1.54) is 4.90 Å². The molecule has 1 aliphatic heterocycles. The van der Waals surface area contributed by atoms with E-state index in [0.29, 0.717) is 22.6 Å². The van der Waals surface area contributed by atoms with Crippen LogP contribution in [-0.2, 0) is 16.0 Å². The predicted molar refractivity (Wildman–Crippen MR) is 144 cm³/mol. The Morgan fingerprint density at radius 2 is 1.56 bits per heavy atom. The standard InChI is InChI=1S/C30H32N2O4/c1-6-20-7-9-22(10-8-20)28(33)26-27(21-11-17-25(18-12-21)36-19(2)3)32(30(35)29(26)34)24-15-13-23(14-16-24)31(4)5/h7-19,27,33H,6H2,1-5H3/b28-26+. The average molecular weight is 485 g/mol. The number of carbonyl (C=O) groups is 2. The normalized spacial score (nSPS) is 17.1. The van der Waals surface area contributed by atoms with Crippen molar-refractivity contribution in [2.45, 2.75) is 39.3 Å². The molecular weight excluding hydrogens is 452 g/mol. The maximum absolute atomic E-state index is 13.4. The summed E-state index contributed by atoms with van der Waals surface area (Å²) in [6.45, 7) is 5.95. The molecule has 0 saturated carbocycles. The van der Waals surface area contributed by atoms with Gasteiger partial charge in [0.05, 0.1) is 17.7 Å². The van der Waals surface area contributed by atoms with E-state index in [-0.39, 0.29) is 17.4 Å². The predicted octanol–water partition coefficient (Wildman–Crippen LogP) is 5.73. The van der Waals surface area contributed by atoms with Crippen LogP contribution in [0.3, 0.4) is 0 Å². The molecule has 1 unspecified atom stereocenters. The molecule has 4 rings (SSSR count). The number of benzene rings is 3. The van der Waals surface area contributed by atoms with Crippen molar-refractivity contribution in [1.82, 2.24) is 0 Å². The lowest BCUT2D eigenvalue weighted by atomic mass is 9.94.